The van der Waals surface area contributed by atoms with Crippen LogP contribution in [0.2, 0.25) is 0 Å². The molecule has 1 amide bonds. The Bertz CT molecular complexity index is 564. The number of thioether (sulfide) groups is 1. The van der Waals surface area contributed by atoms with Crippen LogP contribution in [-0.4, -0.2) is 27.8 Å². The number of hydrogen-bond acceptors (Lipinski definition) is 8. The maximum atomic E-state index is 11.3. The van der Waals surface area contributed by atoms with E-state index in [1.807, 2.05) is 0 Å². The first-order valence-electron chi connectivity index (χ1n) is 5.25. The summed E-state index contributed by atoms with van der Waals surface area (Å²) in [6.07, 6.45) is -0.771. The third-order valence-electron chi connectivity index (χ3n) is 1.89. The van der Waals surface area contributed by atoms with Gasteiger partial charge in [-0.1, -0.05) is 0 Å². The second-order valence-electron chi connectivity index (χ2n) is 3.31. The highest BCUT2D eigenvalue weighted by molar-refractivity contribution is 8.13. The van der Waals surface area contributed by atoms with Gasteiger partial charge in [-0.05, 0) is 18.7 Å². The van der Waals surface area contributed by atoms with Crippen LogP contribution in [0.25, 0.3) is 0 Å². The summed E-state index contributed by atoms with van der Waals surface area (Å²) in [5, 5.41) is 20.0. The molecule has 0 fully saturated rings. The van der Waals surface area contributed by atoms with Crippen molar-refractivity contribution in [2.45, 2.75) is 11.8 Å². The van der Waals surface area contributed by atoms with Crippen LogP contribution in [0.3, 0.4) is 0 Å². The van der Waals surface area contributed by atoms with Crippen molar-refractivity contribution in [3.8, 4) is 0 Å². The summed E-state index contributed by atoms with van der Waals surface area (Å²) in [6.45, 7) is 1.78. The molecule has 6 N–H and O–H groups in total. The topological polar surface area (TPSA) is 170 Å². The van der Waals surface area contributed by atoms with Crippen molar-refractivity contribution in [1.82, 2.24) is 4.98 Å². The number of nitrogens with two attached hydrogens (primary N) is 2. The number of ether oxygens (including phenoxy) is 1. The van der Waals surface area contributed by atoms with Crippen molar-refractivity contribution >= 4 is 40.3 Å². The smallest absolute Gasteiger partial charge is 0.412 e. The molecule has 1 rings (SSSR count). The molecule has 0 saturated carbocycles. The van der Waals surface area contributed by atoms with Crippen molar-refractivity contribution in [3.63, 3.8) is 0 Å². The number of nitrogen functional groups attached to an aromatic ring is 1. The van der Waals surface area contributed by atoms with Gasteiger partial charge in [0.15, 0.2) is 5.17 Å². The normalized spacial score (nSPS) is 9.85. The minimum atomic E-state index is -0.771. The minimum absolute atomic E-state index is 0.00167. The number of anilines is 2. The van der Waals surface area contributed by atoms with Gasteiger partial charge in [0.05, 0.1) is 11.5 Å². The quantitative estimate of drug-likeness (QED) is 0.210. The van der Waals surface area contributed by atoms with Gasteiger partial charge in [-0.2, -0.15) is 0 Å². The van der Waals surface area contributed by atoms with E-state index in [1.165, 1.54) is 6.07 Å². The predicted octanol–water partition coefficient (Wildman–Crippen LogP) is 1.13. The third-order valence-corrected chi connectivity index (χ3v) is 2.64. The SMILES string of the molecule is CCOC(=O)Nc1cc(SC(=N)N)c([N+](=O)[O-])c(N)n1. The first-order valence-corrected chi connectivity index (χ1v) is 6.07. The largest absolute Gasteiger partial charge is 0.450 e. The van der Waals surface area contributed by atoms with Crippen LogP contribution < -0.4 is 16.8 Å². The summed E-state index contributed by atoms with van der Waals surface area (Å²) < 4.78 is 4.65. The van der Waals surface area contributed by atoms with Crippen LogP contribution in [0.5, 0.6) is 0 Å². The van der Waals surface area contributed by atoms with Crippen LogP contribution in [0.15, 0.2) is 11.0 Å². The Labute approximate surface area is 117 Å². The fourth-order valence-corrected chi connectivity index (χ4v) is 1.93. The van der Waals surface area contributed by atoms with Crippen molar-refractivity contribution in [2.75, 3.05) is 17.7 Å². The molecule has 20 heavy (non-hydrogen) atoms. The van der Waals surface area contributed by atoms with Gasteiger partial charge in [-0.25, -0.2) is 9.78 Å². The first-order chi connectivity index (χ1) is 9.35. The monoisotopic (exact) mass is 300 g/mol. The number of rotatable bonds is 4. The second kappa shape index (κ2) is 6.56. The molecule has 0 aliphatic rings. The fraction of sp³-hybridized carbons (Fsp3) is 0.222. The maximum absolute atomic E-state index is 11.3. The lowest BCUT2D eigenvalue weighted by Gasteiger charge is -2.08. The fourth-order valence-electron chi connectivity index (χ4n) is 1.25. The van der Waals surface area contributed by atoms with Gasteiger partial charge in [0.1, 0.15) is 10.7 Å². The summed E-state index contributed by atoms with van der Waals surface area (Å²) in [7, 11) is 0. The average molecular weight is 300 g/mol. The van der Waals surface area contributed by atoms with Gasteiger partial charge in [-0.3, -0.25) is 20.8 Å². The molecule has 0 spiro atoms. The predicted molar refractivity (Wildman–Crippen MR) is 73.7 cm³/mol. The Balaban J connectivity index is 3.17. The van der Waals surface area contributed by atoms with E-state index in [2.05, 4.69) is 15.0 Å². The molecule has 10 nitrogen and oxygen atoms in total. The molecule has 0 aliphatic heterocycles. The average Bonchev–Trinajstić information content (AvgIpc) is 2.26. The van der Waals surface area contributed by atoms with Gasteiger partial charge >= 0.3 is 11.8 Å². The molecular weight excluding hydrogens is 288 g/mol. The van der Waals surface area contributed by atoms with Crippen LogP contribution in [0, 0.1) is 15.5 Å². The van der Waals surface area contributed by atoms with Crippen LogP contribution >= 0.6 is 11.8 Å². The van der Waals surface area contributed by atoms with E-state index in [-0.39, 0.29) is 22.5 Å². The standard InChI is InChI=1S/C9H12N6O4S/c1-2-19-9(16)14-5-3-4(20-8(11)12)6(15(17)18)7(10)13-5/h3H,2H2,1H3,(H3,11,12)(H3,10,13,14,16). The highest BCUT2D eigenvalue weighted by Crippen LogP contribution is 2.34. The van der Waals surface area contributed by atoms with Crippen molar-refractivity contribution < 1.29 is 14.5 Å². The second-order valence-corrected chi connectivity index (χ2v) is 4.39. The number of nitrogens with zero attached hydrogens (tertiary/aromatic N) is 2. The lowest BCUT2D eigenvalue weighted by Crippen LogP contribution is -2.15. The summed E-state index contributed by atoms with van der Waals surface area (Å²) in [6, 6.07) is 1.19. The Morgan fingerprint density at radius 2 is 2.35 bits per heavy atom. The van der Waals surface area contributed by atoms with E-state index in [0.29, 0.717) is 11.8 Å². The Kier molecular flexibility index (Phi) is 5.08. The first kappa shape index (κ1) is 15.5. The van der Waals surface area contributed by atoms with Crippen LogP contribution in [0.1, 0.15) is 6.92 Å². The molecule has 1 aromatic rings. The van der Waals surface area contributed by atoms with Crippen molar-refractivity contribution in [2.24, 2.45) is 5.73 Å². The summed E-state index contributed by atoms with van der Waals surface area (Å²) >= 11 is 0.629. The molecule has 1 heterocycles. The molecule has 0 atom stereocenters. The zero-order valence-electron chi connectivity index (χ0n) is 10.4. The number of aromatic nitrogens is 1. The molecule has 108 valence electrons. The summed E-state index contributed by atoms with van der Waals surface area (Å²) in [5.74, 6) is -0.427. The number of nitrogens with one attached hydrogen (secondary N) is 2. The van der Waals surface area contributed by atoms with E-state index in [9.17, 15) is 14.9 Å². The zero-order chi connectivity index (χ0) is 15.3. The van der Waals surface area contributed by atoms with E-state index >= 15 is 0 Å². The van der Waals surface area contributed by atoms with Gasteiger partial charge in [0, 0.05) is 6.07 Å². The zero-order valence-corrected chi connectivity index (χ0v) is 11.2. The molecule has 0 saturated heterocycles. The number of amidine groups is 1. The number of carbonyl (C=O) groups excluding carboxylic acids is 1. The Morgan fingerprint density at radius 3 is 2.85 bits per heavy atom. The number of nitro groups is 1. The molecular formula is C9H12N6O4S. The summed E-state index contributed by atoms with van der Waals surface area (Å²) in [4.78, 5) is 25.1. The van der Waals surface area contributed by atoms with E-state index in [0.717, 1.165) is 0 Å². The van der Waals surface area contributed by atoms with Crippen LogP contribution in [-0.2, 0) is 4.74 Å². The number of pyridine rings is 1. The number of carbonyl (C=O) groups is 1. The van der Waals surface area contributed by atoms with Gasteiger partial charge in [0.25, 0.3) is 0 Å². The van der Waals surface area contributed by atoms with Gasteiger partial charge in [0.2, 0.25) is 5.82 Å². The summed E-state index contributed by atoms with van der Waals surface area (Å²) in [5.41, 5.74) is 10.2. The molecule has 0 aliphatic carbocycles. The highest BCUT2D eigenvalue weighted by Gasteiger charge is 2.23. The minimum Gasteiger partial charge on any atom is -0.450 e. The lowest BCUT2D eigenvalue weighted by atomic mass is 10.3. The lowest BCUT2D eigenvalue weighted by molar-refractivity contribution is -0.387. The number of hydrogen-bond donors (Lipinski definition) is 4. The van der Waals surface area contributed by atoms with Crippen molar-refractivity contribution in [3.05, 3.63) is 16.2 Å². The van der Waals surface area contributed by atoms with Gasteiger partial charge in [-0.15, -0.1) is 0 Å². The number of amides is 1. The Morgan fingerprint density at radius 1 is 1.70 bits per heavy atom. The third kappa shape index (κ3) is 3.98. The van der Waals surface area contributed by atoms with E-state index in [1.54, 1.807) is 6.92 Å². The molecule has 11 heteroatoms. The van der Waals surface area contributed by atoms with E-state index in [4.69, 9.17) is 16.9 Å². The molecule has 0 bridgehead atoms. The molecule has 1 aromatic heterocycles. The molecule has 0 aromatic carbocycles. The van der Waals surface area contributed by atoms with Crippen molar-refractivity contribution in [1.29, 1.82) is 5.41 Å². The maximum Gasteiger partial charge on any atom is 0.412 e. The van der Waals surface area contributed by atoms with E-state index < -0.39 is 22.5 Å². The molecule has 0 unspecified atom stereocenters. The van der Waals surface area contributed by atoms with Gasteiger partial charge < -0.3 is 16.2 Å². The Hall–Kier alpha value is -2.56. The molecule has 0 radical (unpaired) electrons. The highest BCUT2D eigenvalue weighted by atomic mass is 32.2. The van der Waals surface area contributed by atoms with Crippen LogP contribution in [0.4, 0.5) is 22.1 Å².